The standard InChI is InChI=1S/C10H18N2O4/c1-2-16-10(15)12-5-3-7(4-6-12)8(11)9(13)14/h7-8H,2-6,11H2,1H3,(H,13,14). The fraction of sp³-hybridized carbons (Fsp3) is 0.800. The Bertz CT molecular complexity index is 262. The maximum Gasteiger partial charge on any atom is 0.409 e. The lowest BCUT2D eigenvalue weighted by molar-refractivity contribution is -0.140. The number of carbonyl (C=O) groups is 2. The molecule has 0 saturated carbocycles. The molecule has 1 unspecified atom stereocenters. The van der Waals surface area contributed by atoms with Gasteiger partial charge < -0.3 is 20.5 Å². The first-order valence-corrected chi connectivity index (χ1v) is 5.46. The van der Waals surface area contributed by atoms with Gasteiger partial charge >= 0.3 is 12.1 Å². The molecule has 1 saturated heterocycles. The lowest BCUT2D eigenvalue weighted by Gasteiger charge is -2.32. The van der Waals surface area contributed by atoms with Gasteiger partial charge in [-0.05, 0) is 25.7 Å². The van der Waals surface area contributed by atoms with Gasteiger partial charge in [-0.15, -0.1) is 0 Å². The SMILES string of the molecule is CCOC(=O)N1CCC(C(N)C(=O)O)CC1. The highest BCUT2D eigenvalue weighted by molar-refractivity contribution is 5.73. The summed E-state index contributed by atoms with van der Waals surface area (Å²) in [7, 11) is 0. The number of carboxylic acids is 1. The molecule has 3 N–H and O–H groups in total. The molecule has 0 aromatic carbocycles. The molecule has 0 spiro atoms. The Morgan fingerprint density at radius 1 is 1.50 bits per heavy atom. The van der Waals surface area contributed by atoms with Crippen LogP contribution in [0.15, 0.2) is 0 Å². The minimum atomic E-state index is -0.977. The number of carboxylic acid groups (broad SMARTS) is 1. The van der Waals surface area contributed by atoms with Crippen molar-refractivity contribution in [1.82, 2.24) is 4.90 Å². The molecule has 0 radical (unpaired) electrons. The van der Waals surface area contributed by atoms with E-state index in [0.29, 0.717) is 32.5 Å². The molecule has 0 aromatic rings. The number of piperidine rings is 1. The van der Waals surface area contributed by atoms with Crippen molar-refractivity contribution in [3.05, 3.63) is 0 Å². The Labute approximate surface area is 94.3 Å². The largest absolute Gasteiger partial charge is 0.480 e. The van der Waals surface area contributed by atoms with Crippen molar-refractivity contribution in [2.24, 2.45) is 11.7 Å². The number of nitrogens with zero attached hydrogens (tertiary/aromatic N) is 1. The second kappa shape index (κ2) is 5.69. The van der Waals surface area contributed by atoms with Gasteiger partial charge in [-0.1, -0.05) is 0 Å². The molecule has 1 aliphatic rings. The molecule has 1 aliphatic heterocycles. The maximum absolute atomic E-state index is 11.4. The molecule has 1 atom stereocenters. The number of amides is 1. The zero-order valence-electron chi connectivity index (χ0n) is 9.39. The molecule has 1 heterocycles. The van der Waals surface area contributed by atoms with Crippen molar-refractivity contribution in [3.63, 3.8) is 0 Å². The number of hydrogen-bond donors (Lipinski definition) is 2. The monoisotopic (exact) mass is 230 g/mol. The number of rotatable bonds is 3. The first kappa shape index (κ1) is 12.8. The molecule has 16 heavy (non-hydrogen) atoms. The van der Waals surface area contributed by atoms with Crippen molar-refractivity contribution in [2.45, 2.75) is 25.8 Å². The average molecular weight is 230 g/mol. The van der Waals surface area contributed by atoms with E-state index in [0.717, 1.165) is 0 Å². The van der Waals surface area contributed by atoms with E-state index >= 15 is 0 Å². The summed E-state index contributed by atoms with van der Waals surface area (Å²) in [4.78, 5) is 23.6. The lowest BCUT2D eigenvalue weighted by atomic mass is 9.90. The Morgan fingerprint density at radius 2 is 2.06 bits per heavy atom. The highest BCUT2D eigenvalue weighted by Crippen LogP contribution is 2.20. The second-order valence-electron chi connectivity index (χ2n) is 3.89. The van der Waals surface area contributed by atoms with Gasteiger partial charge in [0.25, 0.3) is 0 Å². The Kier molecular flexibility index (Phi) is 4.54. The Hall–Kier alpha value is -1.30. The van der Waals surface area contributed by atoms with E-state index in [1.54, 1.807) is 11.8 Å². The smallest absolute Gasteiger partial charge is 0.409 e. The summed E-state index contributed by atoms with van der Waals surface area (Å²) in [6, 6.07) is -0.829. The van der Waals surface area contributed by atoms with Crippen molar-refractivity contribution in [3.8, 4) is 0 Å². The van der Waals surface area contributed by atoms with Gasteiger partial charge in [-0.2, -0.15) is 0 Å². The third-order valence-corrected chi connectivity index (χ3v) is 2.86. The van der Waals surface area contributed by atoms with Gasteiger partial charge in [-0.25, -0.2) is 4.79 Å². The molecule has 6 nitrogen and oxygen atoms in total. The quantitative estimate of drug-likeness (QED) is 0.725. The van der Waals surface area contributed by atoms with Crippen LogP contribution in [-0.2, 0) is 9.53 Å². The maximum atomic E-state index is 11.4. The molecular formula is C10H18N2O4. The van der Waals surface area contributed by atoms with Crippen LogP contribution in [0.3, 0.4) is 0 Å². The van der Waals surface area contributed by atoms with Gasteiger partial charge in [0.05, 0.1) is 6.61 Å². The Morgan fingerprint density at radius 3 is 2.50 bits per heavy atom. The van der Waals surface area contributed by atoms with E-state index < -0.39 is 12.0 Å². The molecule has 1 amide bonds. The van der Waals surface area contributed by atoms with Gasteiger partial charge in [0, 0.05) is 13.1 Å². The van der Waals surface area contributed by atoms with Crippen LogP contribution in [0.5, 0.6) is 0 Å². The summed E-state index contributed by atoms with van der Waals surface area (Å²) in [5.74, 6) is -1.03. The van der Waals surface area contributed by atoms with Crippen LogP contribution in [0.1, 0.15) is 19.8 Å². The van der Waals surface area contributed by atoms with E-state index in [9.17, 15) is 9.59 Å². The second-order valence-corrected chi connectivity index (χ2v) is 3.89. The molecule has 1 rings (SSSR count). The highest BCUT2D eigenvalue weighted by Gasteiger charge is 2.30. The molecule has 0 aromatic heterocycles. The zero-order valence-corrected chi connectivity index (χ0v) is 9.39. The number of aliphatic carboxylic acids is 1. The first-order valence-electron chi connectivity index (χ1n) is 5.46. The summed E-state index contributed by atoms with van der Waals surface area (Å²) >= 11 is 0. The minimum Gasteiger partial charge on any atom is -0.480 e. The summed E-state index contributed by atoms with van der Waals surface area (Å²) in [6.07, 6.45) is 0.906. The van der Waals surface area contributed by atoms with Crippen LogP contribution < -0.4 is 5.73 Å². The van der Waals surface area contributed by atoms with E-state index in [1.165, 1.54) is 0 Å². The minimum absolute atomic E-state index is 0.0526. The van der Waals surface area contributed by atoms with Crippen LogP contribution in [0.2, 0.25) is 0 Å². The summed E-state index contributed by atoms with van der Waals surface area (Å²) in [6.45, 7) is 3.15. The molecule has 1 fully saturated rings. The van der Waals surface area contributed by atoms with Crippen LogP contribution in [-0.4, -0.2) is 47.8 Å². The van der Waals surface area contributed by atoms with Crippen LogP contribution in [0.25, 0.3) is 0 Å². The van der Waals surface area contributed by atoms with Gasteiger partial charge in [0.2, 0.25) is 0 Å². The van der Waals surface area contributed by atoms with Crippen molar-refractivity contribution in [2.75, 3.05) is 19.7 Å². The van der Waals surface area contributed by atoms with E-state index in [1.807, 2.05) is 0 Å². The normalized spacial score (nSPS) is 19.2. The number of ether oxygens (including phenoxy) is 1. The summed E-state index contributed by atoms with van der Waals surface area (Å²) < 4.78 is 4.86. The molecule has 92 valence electrons. The van der Waals surface area contributed by atoms with Crippen LogP contribution in [0.4, 0.5) is 4.79 Å². The molecule has 0 aliphatic carbocycles. The van der Waals surface area contributed by atoms with Crippen molar-refractivity contribution < 1.29 is 19.4 Å². The lowest BCUT2D eigenvalue weighted by Crippen LogP contribution is -2.46. The molecule has 0 bridgehead atoms. The van der Waals surface area contributed by atoms with Crippen molar-refractivity contribution in [1.29, 1.82) is 0 Å². The summed E-state index contributed by atoms with van der Waals surface area (Å²) in [5, 5.41) is 8.76. The van der Waals surface area contributed by atoms with E-state index in [2.05, 4.69) is 0 Å². The number of hydrogen-bond acceptors (Lipinski definition) is 4. The fourth-order valence-electron chi connectivity index (χ4n) is 1.86. The number of carbonyl (C=O) groups excluding carboxylic acids is 1. The van der Waals surface area contributed by atoms with Gasteiger partial charge in [-0.3, -0.25) is 4.79 Å². The zero-order chi connectivity index (χ0) is 12.1. The predicted octanol–water partition coefficient (Wildman–Crippen LogP) is 0.267. The summed E-state index contributed by atoms with van der Waals surface area (Å²) in [5.41, 5.74) is 5.54. The third kappa shape index (κ3) is 3.10. The predicted molar refractivity (Wildman–Crippen MR) is 56.9 cm³/mol. The van der Waals surface area contributed by atoms with Crippen molar-refractivity contribution >= 4 is 12.1 Å². The number of nitrogens with two attached hydrogens (primary N) is 1. The highest BCUT2D eigenvalue weighted by atomic mass is 16.6. The van der Waals surface area contributed by atoms with Crippen LogP contribution in [0, 0.1) is 5.92 Å². The fourth-order valence-corrected chi connectivity index (χ4v) is 1.86. The van der Waals surface area contributed by atoms with Gasteiger partial charge in [0.15, 0.2) is 0 Å². The molecular weight excluding hydrogens is 212 g/mol. The van der Waals surface area contributed by atoms with E-state index in [4.69, 9.17) is 15.6 Å². The number of likely N-dealkylation sites (tertiary alicyclic amines) is 1. The van der Waals surface area contributed by atoms with Crippen LogP contribution >= 0.6 is 0 Å². The first-order chi connectivity index (χ1) is 7.56. The third-order valence-electron chi connectivity index (χ3n) is 2.86. The molecule has 6 heteroatoms. The van der Waals surface area contributed by atoms with Gasteiger partial charge in [0.1, 0.15) is 6.04 Å². The Balaban J connectivity index is 2.39. The topological polar surface area (TPSA) is 92.9 Å². The average Bonchev–Trinajstić information content (AvgIpc) is 2.28. The van der Waals surface area contributed by atoms with E-state index in [-0.39, 0.29) is 12.0 Å².